The van der Waals surface area contributed by atoms with Crippen LogP contribution < -0.4 is 5.32 Å². The van der Waals surface area contributed by atoms with E-state index in [1.54, 1.807) is 26.1 Å². The summed E-state index contributed by atoms with van der Waals surface area (Å²) in [4.78, 5) is 22.6. The summed E-state index contributed by atoms with van der Waals surface area (Å²) in [5.41, 5.74) is 0. The van der Waals surface area contributed by atoms with Gasteiger partial charge in [0.05, 0.1) is 6.61 Å². The molecular weight excluding hydrogens is 294 g/mol. The molecule has 0 aromatic rings. The topological polar surface area (TPSA) is 60.4 Å². The van der Waals surface area contributed by atoms with Crippen molar-refractivity contribution in [2.75, 3.05) is 60.5 Å². The first kappa shape index (κ1) is 19.7. The number of piperazine rings is 1. The van der Waals surface area contributed by atoms with Crippen molar-refractivity contribution >= 4 is 11.9 Å². The van der Waals surface area contributed by atoms with Gasteiger partial charge in [0.15, 0.2) is 5.96 Å². The zero-order valence-corrected chi connectivity index (χ0v) is 15.5. The number of hydrogen-bond acceptors (Lipinski definition) is 4. The van der Waals surface area contributed by atoms with Crippen molar-refractivity contribution in [3.05, 3.63) is 0 Å². The molecule has 1 fully saturated rings. The maximum absolute atomic E-state index is 11.8. The molecular formula is C16H33N5O2. The molecule has 134 valence electrons. The Morgan fingerprint density at radius 1 is 1.30 bits per heavy atom. The molecule has 2 unspecified atom stereocenters. The maximum atomic E-state index is 11.8. The molecule has 1 amide bonds. The van der Waals surface area contributed by atoms with Gasteiger partial charge in [-0.15, -0.1) is 0 Å². The summed E-state index contributed by atoms with van der Waals surface area (Å²) in [6, 6.07) is 0.838. The van der Waals surface area contributed by atoms with Crippen LogP contribution in [0.15, 0.2) is 4.99 Å². The molecule has 0 bridgehead atoms. The molecule has 0 aromatic carbocycles. The number of hydrogen-bond donors (Lipinski definition) is 1. The maximum Gasteiger partial charge on any atom is 0.243 e. The summed E-state index contributed by atoms with van der Waals surface area (Å²) in [6.07, 6.45) is 0. The van der Waals surface area contributed by atoms with Gasteiger partial charge in [-0.3, -0.25) is 9.69 Å². The lowest BCUT2D eigenvalue weighted by molar-refractivity contribution is -0.127. The Kier molecular flexibility index (Phi) is 8.33. The molecule has 1 rings (SSSR count). The average Bonchev–Trinajstić information content (AvgIpc) is 2.50. The number of carbonyl (C=O) groups is 1. The highest BCUT2D eigenvalue weighted by Gasteiger charge is 2.30. The molecule has 1 aliphatic heterocycles. The van der Waals surface area contributed by atoms with E-state index in [2.05, 4.69) is 34.0 Å². The zero-order chi connectivity index (χ0) is 17.4. The average molecular weight is 327 g/mol. The van der Waals surface area contributed by atoms with Crippen molar-refractivity contribution in [2.24, 2.45) is 4.99 Å². The number of rotatable bonds is 6. The zero-order valence-electron chi connectivity index (χ0n) is 15.5. The highest BCUT2D eigenvalue weighted by molar-refractivity contribution is 5.85. The number of guanidine groups is 1. The van der Waals surface area contributed by atoms with Crippen LogP contribution in [0.1, 0.15) is 20.8 Å². The minimum atomic E-state index is 0.0141. The second kappa shape index (κ2) is 9.72. The van der Waals surface area contributed by atoms with Crippen LogP contribution in [0.4, 0.5) is 0 Å². The van der Waals surface area contributed by atoms with Crippen molar-refractivity contribution in [3.63, 3.8) is 0 Å². The van der Waals surface area contributed by atoms with Crippen molar-refractivity contribution in [1.82, 2.24) is 20.0 Å². The number of nitrogens with zero attached hydrogens (tertiary/aromatic N) is 4. The van der Waals surface area contributed by atoms with Crippen molar-refractivity contribution in [1.29, 1.82) is 0 Å². The lowest BCUT2D eigenvalue weighted by Gasteiger charge is -2.45. The Bertz CT molecular complexity index is 388. The third-order valence-electron chi connectivity index (χ3n) is 4.15. The molecule has 1 heterocycles. The Morgan fingerprint density at radius 2 is 1.91 bits per heavy atom. The van der Waals surface area contributed by atoms with Crippen LogP contribution in [-0.2, 0) is 9.53 Å². The lowest BCUT2D eigenvalue weighted by atomic mass is 10.1. The van der Waals surface area contributed by atoms with E-state index in [1.165, 1.54) is 0 Å². The molecule has 23 heavy (non-hydrogen) atoms. The van der Waals surface area contributed by atoms with E-state index >= 15 is 0 Å². The molecule has 0 spiro atoms. The molecule has 0 aromatic heterocycles. The fourth-order valence-electron chi connectivity index (χ4n) is 2.88. The van der Waals surface area contributed by atoms with Crippen LogP contribution >= 0.6 is 0 Å². The van der Waals surface area contributed by atoms with E-state index in [9.17, 15) is 4.79 Å². The second-order valence-electron chi connectivity index (χ2n) is 6.29. The van der Waals surface area contributed by atoms with Crippen LogP contribution in [0, 0.1) is 0 Å². The predicted octanol–water partition coefficient (Wildman–Crippen LogP) is 0.0811. The molecule has 1 N–H and O–H groups in total. The quantitative estimate of drug-likeness (QED) is 0.553. The van der Waals surface area contributed by atoms with Gasteiger partial charge in [-0.05, 0) is 20.8 Å². The van der Waals surface area contributed by atoms with E-state index in [0.717, 1.165) is 38.7 Å². The summed E-state index contributed by atoms with van der Waals surface area (Å²) in [6.45, 7) is 11.0. The summed E-state index contributed by atoms with van der Waals surface area (Å²) >= 11 is 0. The number of likely N-dealkylation sites (N-methyl/N-ethyl adjacent to an activating group) is 1. The molecule has 0 saturated carbocycles. The number of amides is 1. The van der Waals surface area contributed by atoms with Gasteiger partial charge in [-0.1, -0.05) is 0 Å². The highest BCUT2D eigenvalue weighted by Crippen LogP contribution is 2.15. The van der Waals surface area contributed by atoms with Crippen LogP contribution in [-0.4, -0.2) is 99.2 Å². The van der Waals surface area contributed by atoms with E-state index < -0.39 is 0 Å². The molecule has 7 heteroatoms. The Balaban J connectivity index is 2.73. The molecule has 0 aliphatic carbocycles. The van der Waals surface area contributed by atoms with Crippen molar-refractivity contribution in [2.45, 2.75) is 32.9 Å². The summed E-state index contributed by atoms with van der Waals surface area (Å²) in [5, 5.41) is 3.31. The van der Waals surface area contributed by atoms with Crippen molar-refractivity contribution in [3.8, 4) is 0 Å². The number of methoxy groups -OCH3 is 1. The third-order valence-corrected chi connectivity index (χ3v) is 4.15. The van der Waals surface area contributed by atoms with Crippen LogP contribution in [0.25, 0.3) is 0 Å². The number of carbonyl (C=O) groups excluding carboxylic acids is 1. The first-order chi connectivity index (χ1) is 10.9. The van der Waals surface area contributed by atoms with Crippen molar-refractivity contribution < 1.29 is 9.53 Å². The summed E-state index contributed by atoms with van der Waals surface area (Å²) in [5.74, 6) is 0.841. The van der Waals surface area contributed by atoms with Gasteiger partial charge >= 0.3 is 0 Å². The molecule has 2 atom stereocenters. The minimum absolute atomic E-state index is 0.0141. The summed E-state index contributed by atoms with van der Waals surface area (Å²) in [7, 11) is 5.25. The fraction of sp³-hybridized carbons (Fsp3) is 0.875. The van der Waals surface area contributed by atoms with Gasteiger partial charge in [0.25, 0.3) is 0 Å². The summed E-state index contributed by atoms with van der Waals surface area (Å²) < 4.78 is 5.21. The highest BCUT2D eigenvalue weighted by atomic mass is 16.5. The van der Waals surface area contributed by atoms with E-state index in [1.807, 2.05) is 6.92 Å². The van der Waals surface area contributed by atoms with Gasteiger partial charge in [0.1, 0.15) is 6.54 Å². The first-order valence-corrected chi connectivity index (χ1v) is 8.38. The number of aliphatic imine (C=N–C) groups is 1. The Hall–Kier alpha value is -1.34. The van der Waals surface area contributed by atoms with Crippen LogP contribution in [0.2, 0.25) is 0 Å². The fourth-order valence-corrected chi connectivity index (χ4v) is 2.88. The molecule has 1 aliphatic rings. The Labute approximate surface area is 140 Å². The number of ether oxygens (including phenoxy) is 1. The SMILES string of the molecule is CCNC(=NCC(=O)N(C)C)N1CC(C)N(CCOC)C(C)C1. The van der Waals surface area contributed by atoms with E-state index in [0.29, 0.717) is 12.1 Å². The molecule has 0 radical (unpaired) electrons. The van der Waals surface area contributed by atoms with Gasteiger partial charge in [-0.2, -0.15) is 0 Å². The van der Waals surface area contributed by atoms with E-state index in [4.69, 9.17) is 4.74 Å². The van der Waals surface area contributed by atoms with Gasteiger partial charge in [0.2, 0.25) is 5.91 Å². The minimum Gasteiger partial charge on any atom is -0.383 e. The predicted molar refractivity (Wildman–Crippen MR) is 93.8 cm³/mol. The number of nitrogens with one attached hydrogen (secondary N) is 1. The Morgan fingerprint density at radius 3 is 2.39 bits per heavy atom. The van der Waals surface area contributed by atoms with E-state index in [-0.39, 0.29) is 12.5 Å². The lowest BCUT2D eigenvalue weighted by Crippen LogP contribution is -2.60. The van der Waals surface area contributed by atoms with Gasteiger partial charge < -0.3 is 19.9 Å². The van der Waals surface area contributed by atoms with Crippen LogP contribution in [0.5, 0.6) is 0 Å². The molecule has 7 nitrogen and oxygen atoms in total. The largest absolute Gasteiger partial charge is 0.383 e. The molecule has 1 saturated heterocycles. The van der Waals surface area contributed by atoms with Gasteiger partial charge in [-0.25, -0.2) is 4.99 Å². The van der Waals surface area contributed by atoms with Crippen LogP contribution in [0.3, 0.4) is 0 Å². The van der Waals surface area contributed by atoms with Gasteiger partial charge in [0, 0.05) is 59.5 Å². The smallest absolute Gasteiger partial charge is 0.243 e. The normalized spacial score (nSPS) is 23.0. The second-order valence-corrected chi connectivity index (χ2v) is 6.29. The third kappa shape index (κ3) is 5.99. The monoisotopic (exact) mass is 327 g/mol. The standard InChI is InChI=1S/C16H33N5O2/c1-7-17-16(18-10-15(22)19(4)5)20-11-13(2)21(8-9-23-6)14(3)12-20/h13-14H,7-12H2,1-6H3,(H,17,18). The first-order valence-electron chi connectivity index (χ1n) is 8.38.